The Labute approximate surface area is 162 Å². The monoisotopic (exact) mass is 389 g/mol. The van der Waals surface area contributed by atoms with Crippen molar-refractivity contribution < 1.29 is 19.1 Å². The molecule has 0 bridgehead atoms. The highest BCUT2D eigenvalue weighted by Crippen LogP contribution is 2.33. The van der Waals surface area contributed by atoms with Crippen LogP contribution in [0.25, 0.3) is 0 Å². The molecule has 1 heterocycles. The average molecular weight is 389 g/mol. The van der Waals surface area contributed by atoms with E-state index in [2.05, 4.69) is 16.0 Å². The highest BCUT2D eigenvalue weighted by atomic mass is 32.1. The molecular formula is C19H23N3O4S. The van der Waals surface area contributed by atoms with Crippen molar-refractivity contribution in [3.05, 3.63) is 46.3 Å². The number of ether oxygens (including phenoxy) is 1. The molecule has 3 amide bonds. The Morgan fingerprint density at radius 2 is 1.78 bits per heavy atom. The fraction of sp³-hybridized carbons (Fsp3) is 0.316. The van der Waals surface area contributed by atoms with E-state index in [1.165, 1.54) is 11.3 Å². The van der Waals surface area contributed by atoms with Crippen molar-refractivity contribution in [2.24, 2.45) is 0 Å². The van der Waals surface area contributed by atoms with Crippen molar-refractivity contribution in [2.75, 3.05) is 23.8 Å². The third-order valence-corrected chi connectivity index (χ3v) is 4.91. The zero-order valence-corrected chi connectivity index (χ0v) is 16.4. The van der Waals surface area contributed by atoms with Gasteiger partial charge in [0.2, 0.25) is 5.91 Å². The summed E-state index contributed by atoms with van der Waals surface area (Å²) < 4.78 is 5.06. The number of benzene rings is 1. The number of hydrogen-bond acceptors (Lipinski definition) is 5. The lowest BCUT2D eigenvalue weighted by atomic mass is 10.1. The van der Waals surface area contributed by atoms with Gasteiger partial charge in [-0.05, 0) is 38.5 Å². The summed E-state index contributed by atoms with van der Waals surface area (Å²) in [6, 6.07) is 8.63. The van der Waals surface area contributed by atoms with Crippen LogP contribution in [-0.2, 0) is 9.53 Å². The van der Waals surface area contributed by atoms with Crippen LogP contribution in [0.4, 0.5) is 15.5 Å². The number of carbonyl (C=O) groups is 3. The molecule has 0 atom stereocenters. The summed E-state index contributed by atoms with van der Waals surface area (Å²) in [4.78, 5) is 37.0. The van der Waals surface area contributed by atoms with E-state index in [0.29, 0.717) is 16.3 Å². The molecule has 144 valence electrons. The molecule has 2 aromatic rings. The lowest BCUT2D eigenvalue weighted by molar-refractivity contribution is -0.116. The smallest absolute Gasteiger partial charge is 0.341 e. The van der Waals surface area contributed by atoms with Crippen LogP contribution < -0.4 is 16.0 Å². The fourth-order valence-electron chi connectivity index (χ4n) is 2.34. The maximum atomic E-state index is 12.2. The van der Waals surface area contributed by atoms with Crippen molar-refractivity contribution in [1.82, 2.24) is 5.32 Å². The van der Waals surface area contributed by atoms with E-state index in [9.17, 15) is 14.4 Å². The molecule has 3 N–H and O–H groups in total. The molecule has 0 aliphatic rings. The van der Waals surface area contributed by atoms with Crippen LogP contribution in [0.3, 0.4) is 0 Å². The van der Waals surface area contributed by atoms with E-state index in [-0.39, 0.29) is 31.5 Å². The van der Waals surface area contributed by atoms with E-state index in [1.807, 2.05) is 32.0 Å². The number of nitrogens with one attached hydrogen (secondary N) is 3. The molecule has 7 nitrogen and oxygen atoms in total. The molecule has 0 saturated carbocycles. The SMILES string of the molecule is CCOC(=O)c1c(NC(=O)CCNC(=O)Nc2ccccc2)sc(C)c1C. The number of esters is 1. The normalized spacial score (nSPS) is 10.2. The maximum absolute atomic E-state index is 12.2. The lowest BCUT2D eigenvalue weighted by Crippen LogP contribution is -2.31. The Balaban J connectivity index is 1.86. The molecule has 0 aliphatic heterocycles. The van der Waals surface area contributed by atoms with Crippen LogP contribution in [0.5, 0.6) is 0 Å². The highest BCUT2D eigenvalue weighted by molar-refractivity contribution is 7.16. The van der Waals surface area contributed by atoms with Gasteiger partial charge in [-0.15, -0.1) is 11.3 Å². The number of para-hydroxylation sites is 1. The first kappa shape index (κ1) is 20.4. The van der Waals surface area contributed by atoms with E-state index in [4.69, 9.17) is 4.74 Å². The van der Waals surface area contributed by atoms with Gasteiger partial charge in [-0.25, -0.2) is 9.59 Å². The number of hydrogen-bond donors (Lipinski definition) is 3. The van der Waals surface area contributed by atoms with Crippen molar-refractivity contribution in [2.45, 2.75) is 27.2 Å². The third-order valence-electron chi connectivity index (χ3n) is 3.79. The number of anilines is 2. The summed E-state index contributed by atoms with van der Waals surface area (Å²) >= 11 is 1.33. The van der Waals surface area contributed by atoms with Crippen LogP contribution in [0.2, 0.25) is 0 Å². The van der Waals surface area contributed by atoms with Gasteiger partial charge >= 0.3 is 12.0 Å². The number of aryl methyl sites for hydroxylation is 1. The summed E-state index contributed by atoms with van der Waals surface area (Å²) in [6.07, 6.45) is 0.0838. The zero-order chi connectivity index (χ0) is 19.8. The molecule has 8 heteroatoms. The minimum absolute atomic E-state index is 0.0838. The first-order valence-corrected chi connectivity index (χ1v) is 9.40. The molecule has 27 heavy (non-hydrogen) atoms. The molecule has 0 fully saturated rings. The number of rotatable bonds is 7. The van der Waals surface area contributed by atoms with Gasteiger partial charge in [0.15, 0.2) is 0 Å². The molecule has 0 radical (unpaired) electrons. The Morgan fingerprint density at radius 3 is 2.44 bits per heavy atom. The molecule has 1 aromatic heterocycles. The van der Waals surface area contributed by atoms with Crippen molar-refractivity contribution in [3.63, 3.8) is 0 Å². The van der Waals surface area contributed by atoms with Gasteiger partial charge in [0.05, 0.1) is 12.2 Å². The summed E-state index contributed by atoms with van der Waals surface area (Å²) in [5.41, 5.74) is 1.86. The molecule has 0 saturated heterocycles. The van der Waals surface area contributed by atoms with Crippen LogP contribution in [-0.4, -0.2) is 31.1 Å². The highest BCUT2D eigenvalue weighted by Gasteiger charge is 2.21. The summed E-state index contributed by atoms with van der Waals surface area (Å²) in [6.45, 7) is 5.87. The standard InChI is InChI=1S/C19H23N3O4S/c1-4-26-18(24)16-12(2)13(3)27-17(16)22-15(23)10-11-20-19(25)21-14-8-6-5-7-9-14/h5-9H,4,10-11H2,1-3H3,(H,22,23)(H2,20,21,25). The molecule has 2 rings (SSSR count). The predicted octanol–water partition coefficient (Wildman–Crippen LogP) is 3.69. The largest absolute Gasteiger partial charge is 0.462 e. The van der Waals surface area contributed by atoms with Crippen LogP contribution in [0.15, 0.2) is 30.3 Å². The number of thiophene rings is 1. The Bertz CT molecular complexity index is 818. The third kappa shape index (κ3) is 5.82. The van der Waals surface area contributed by atoms with Crippen LogP contribution in [0, 0.1) is 13.8 Å². The second kappa shape index (κ2) is 9.72. The van der Waals surface area contributed by atoms with Gasteiger partial charge in [0.25, 0.3) is 0 Å². The van der Waals surface area contributed by atoms with Gasteiger partial charge in [-0.2, -0.15) is 0 Å². The molecule has 0 aliphatic carbocycles. The Morgan fingerprint density at radius 1 is 1.07 bits per heavy atom. The molecular weight excluding hydrogens is 366 g/mol. The Kier molecular flexibility index (Phi) is 7.36. The van der Waals surface area contributed by atoms with Gasteiger partial charge in [0, 0.05) is 23.5 Å². The molecule has 0 spiro atoms. The number of amides is 3. The first-order valence-electron chi connectivity index (χ1n) is 8.59. The second-order valence-corrected chi connectivity index (χ2v) is 6.98. The second-order valence-electron chi connectivity index (χ2n) is 5.75. The van der Waals surface area contributed by atoms with Gasteiger partial charge in [0.1, 0.15) is 5.00 Å². The summed E-state index contributed by atoms with van der Waals surface area (Å²) in [5.74, 6) is -0.739. The quantitative estimate of drug-likeness (QED) is 0.629. The fourth-order valence-corrected chi connectivity index (χ4v) is 3.40. The van der Waals surface area contributed by atoms with Gasteiger partial charge in [-0.3, -0.25) is 4.79 Å². The van der Waals surface area contributed by atoms with Crippen molar-refractivity contribution >= 4 is 39.9 Å². The maximum Gasteiger partial charge on any atom is 0.341 e. The first-order chi connectivity index (χ1) is 12.9. The minimum atomic E-state index is -0.449. The van der Waals surface area contributed by atoms with Crippen LogP contribution in [0.1, 0.15) is 34.1 Å². The Hall–Kier alpha value is -2.87. The molecule has 0 unspecified atom stereocenters. The number of urea groups is 1. The van der Waals surface area contributed by atoms with E-state index in [0.717, 1.165) is 10.4 Å². The number of carbonyl (C=O) groups excluding carboxylic acids is 3. The average Bonchev–Trinajstić information content (AvgIpc) is 2.89. The van der Waals surface area contributed by atoms with Crippen LogP contribution >= 0.6 is 11.3 Å². The van der Waals surface area contributed by atoms with E-state index < -0.39 is 5.97 Å². The topological polar surface area (TPSA) is 96.5 Å². The van der Waals surface area contributed by atoms with Gasteiger partial charge in [-0.1, -0.05) is 18.2 Å². The lowest BCUT2D eigenvalue weighted by Gasteiger charge is -2.09. The van der Waals surface area contributed by atoms with E-state index in [1.54, 1.807) is 19.1 Å². The zero-order valence-electron chi connectivity index (χ0n) is 15.5. The molecule has 1 aromatic carbocycles. The predicted molar refractivity (Wildman–Crippen MR) is 106 cm³/mol. The van der Waals surface area contributed by atoms with Gasteiger partial charge < -0.3 is 20.7 Å². The van der Waals surface area contributed by atoms with Crippen molar-refractivity contribution in [1.29, 1.82) is 0 Å². The van der Waals surface area contributed by atoms with E-state index >= 15 is 0 Å². The van der Waals surface area contributed by atoms with Crippen molar-refractivity contribution in [3.8, 4) is 0 Å². The summed E-state index contributed by atoms with van der Waals surface area (Å²) in [5, 5.41) is 8.51. The minimum Gasteiger partial charge on any atom is -0.462 e. The summed E-state index contributed by atoms with van der Waals surface area (Å²) in [7, 11) is 0.